The second kappa shape index (κ2) is 9.41. The van der Waals surface area contributed by atoms with Crippen molar-refractivity contribution in [1.82, 2.24) is 34.7 Å². The van der Waals surface area contributed by atoms with Crippen molar-refractivity contribution in [3.63, 3.8) is 0 Å². The second-order valence-corrected chi connectivity index (χ2v) is 8.00. The van der Waals surface area contributed by atoms with Gasteiger partial charge in [-0.3, -0.25) is 14.1 Å². The first kappa shape index (κ1) is 22.3. The number of nitrogens with zero attached hydrogens (tertiary/aromatic N) is 6. The number of benzene rings is 2. The highest BCUT2D eigenvalue weighted by Crippen LogP contribution is 2.29. The summed E-state index contributed by atoms with van der Waals surface area (Å²) in [5.74, 6) is -1.12. The van der Waals surface area contributed by atoms with Gasteiger partial charge in [0.2, 0.25) is 5.82 Å². The van der Waals surface area contributed by atoms with Crippen molar-refractivity contribution in [3.05, 3.63) is 100 Å². The predicted octanol–water partition coefficient (Wildman–Crippen LogP) is 4.16. The van der Waals surface area contributed by atoms with Crippen LogP contribution in [0.5, 0.6) is 0 Å². The van der Waals surface area contributed by atoms with Crippen molar-refractivity contribution in [2.45, 2.75) is 26.3 Å². The first-order valence-electron chi connectivity index (χ1n) is 11.1. The molecule has 0 amide bonds. The van der Waals surface area contributed by atoms with Gasteiger partial charge in [-0.05, 0) is 35.4 Å². The minimum atomic E-state index is -0.796. The lowest BCUT2D eigenvalue weighted by Gasteiger charge is -2.09. The smallest absolute Gasteiger partial charge is 0.290 e. The van der Waals surface area contributed by atoms with Crippen LogP contribution in [0, 0.1) is 11.6 Å². The third-order valence-corrected chi connectivity index (χ3v) is 5.72. The number of H-pyrrole nitrogens is 1. The lowest BCUT2D eigenvalue weighted by atomic mass is 10.0. The number of hydrogen-bond acceptors (Lipinski definition) is 5. The molecule has 0 aliphatic rings. The Hall–Kier alpha value is -4.47. The molecule has 0 spiro atoms. The first-order chi connectivity index (χ1) is 17.1. The van der Waals surface area contributed by atoms with Crippen molar-refractivity contribution in [2.75, 3.05) is 0 Å². The molecular weight excluding hydrogens is 452 g/mol. The Morgan fingerprint density at radius 1 is 0.971 bits per heavy atom. The van der Waals surface area contributed by atoms with Crippen molar-refractivity contribution < 1.29 is 8.78 Å². The SMILES string of the molecule is CCCc1cn(-c2c(F)cccc2F)c(=O)n1Cc1ccc(-c2ccccc2-c2nn[nH]n2)cn1. The maximum absolute atomic E-state index is 14.4. The number of hydrogen-bond donors (Lipinski definition) is 1. The van der Waals surface area contributed by atoms with Crippen molar-refractivity contribution in [1.29, 1.82) is 0 Å². The van der Waals surface area contributed by atoms with E-state index in [1.54, 1.807) is 6.20 Å². The summed E-state index contributed by atoms with van der Waals surface area (Å²) in [6, 6.07) is 14.9. The van der Waals surface area contributed by atoms with E-state index in [0.717, 1.165) is 39.8 Å². The molecule has 0 unspecified atom stereocenters. The summed E-state index contributed by atoms with van der Waals surface area (Å²) in [6.07, 6.45) is 4.56. The van der Waals surface area contributed by atoms with Crippen LogP contribution in [-0.2, 0) is 13.0 Å². The zero-order valence-electron chi connectivity index (χ0n) is 18.8. The van der Waals surface area contributed by atoms with E-state index in [2.05, 4.69) is 25.6 Å². The molecule has 0 radical (unpaired) electrons. The molecule has 0 saturated heterocycles. The normalized spacial score (nSPS) is 11.2. The Morgan fingerprint density at radius 2 is 1.74 bits per heavy atom. The quantitative estimate of drug-likeness (QED) is 0.383. The lowest BCUT2D eigenvalue weighted by molar-refractivity contribution is 0.564. The number of aromatic amines is 1. The van der Waals surface area contributed by atoms with Crippen molar-refractivity contribution in [3.8, 4) is 28.2 Å². The first-order valence-corrected chi connectivity index (χ1v) is 11.1. The lowest BCUT2D eigenvalue weighted by Crippen LogP contribution is -2.26. The largest absolute Gasteiger partial charge is 0.333 e. The maximum Gasteiger partial charge on any atom is 0.333 e. The third kappa shape index (κ3) is 4.25. The van der Waals surface area contributed by atoms with Gasteiger partial charge in [-0.25, -0.2) is 13.6 Å². The number of halogens is 2. The summed E-state index contributed by atoms with van der Waals surface area (Å²) in [7, 11) is 0. The van der Waals surface area contributed by atoms with Gasteiger partial charge in [0, 0.05) is 29.2 Å². The van der Waals surface area contributed by atoms with E-state index >= 15 is 0 Å². The highest BCUT2D eigenvalue weighted by Gasteiger charge is 2.19. The molecule has 1 N–H and O–H groups in total. The van der Waals surface area contributed by atoms with Gasteiger partial charge in [0.15, 0.2) is 0 Å². The summed E-state index contributed by atoms with van der Waals surface area (Å²) >= 11 is 0. The van der Waals surface area contributed by atoms with Crippen LogP contribution in [-0.4, -0.2) is 34.7 Å². The Labute approximate surface area is 198 Å². The number of tetrazole rings is 1. The Morgan fingerprint density at radius 3 is 2.40 bits per heavy atom. The van der Waals surface area contributed by atoms with E-state index in [1.807, 2.05) is 43.3 Å². The van der Waals surface area contributed by atoms with Crippen LogP contribution in [0.3, 0.4) is 0 Å². The monoisotopic (exact) mass is 473 g/mol. The Kier molecular flexibility index (Phi) is 6.01. The number of imidazole rings is 1. The molecular formula is C25H21F2N7O. The molecule has 0 atom stereocenters. The molecule has 5 rings (SSSR count). The molecule has 8 nitrogen and oxygen atoms in total. The number of aryl methyl sites for hydroxylation is 1. The van der Waals surface area contributed by atoms with Crippen LogP contribution < -0.4 is 5.69 Å². The fourth-order valence-electron chi connectivity index (χ4n) is 4.08. The molecule has 0 aliphatic carbocycles. The van der Waals surface area contributed by atoms with Gasteiger partial charge in [0.05, 0.1) is 12.2 Å². The third-order valence-electron chi connectivity index (χ3n) is 5.72. The maximum atomic E-state index is 14.4. The summed E-state index contributed by atoms with van der Waals surface area (Å²) in [5, 5.41) is 14.2. The molecule has 10 heteroatoms. The summed E-state index contributed by atoms with van der Waals surface area (Å²) in [4.78, 5) is 17.7. The van der Waals surface area contributed by atoms with Gasteiger partial charge in [-0.15, -0.1) is 10.2 Å². The standard InChI is InChI=1S/C25H21F2N7O/c1-2-6-18-15-34(23-21(26)9-5-10-22(23)27)25(35)33(18)14-17-12-11-16(13-28-17)19-7-3-4-8-20(19)24-29-31-32-30-24/h3-5,7-13,15H,2,6,14H2,1H3,(H,29,30,31,32). The fraction of sp³-hybridized carbons (Fsp3) is 0.160. The molecule has 3 aromatic heterocycles. The highest BCUT2D eigenvalue weighted by molar-refractivity contribution is 5.79. The van der Waals surface area contributed by atoms with Gasteiger partial charge in [-0.2, -0.15) is 5.21 Å². The van der Waals surface area contributed by atoms with E-state index in [4.69, 9.17) is 0 Å². The topological polar surface area (TPSA) is 94.3 Å². The molecule has 0 bridgehead atoms. The minimum Gasteiger partial charge on any atom is -0.290 e. The average molecular weight is 473 g/mol. The minimum absolute atomic E-state index is 0.171. The number of rotatable bonds is 7. The molecule has 2 aromatic carbocycles. The van der Waals surface area contributed by atoms with Crippen LogP contribution in [0.4, 0.5) is 8.78 Å². The van der Waals surface area contributed by atoms with Crippen molar-refractivity contribution in [2.24, 2.45) is 0 Å². The zero-order chi connectivity index (χ0) is 24.4. The van der Waals surface area contributed by atoms with E-state index in [9.17, 15) is 13.6 Å². The summed E-state index contributed by atoms with van der Waals surface area (Å²) in [6.45, 7) is 2.15. The van der Waals surface area contributed by atoms with Gasteiger partial charge in [0.25, 0.3) is 0 Å². The van der Waals surface area contributed by atoms with Gasteiger partial charge < -0.3 is 0 Å². The highest BCUT2D eigenvalue weighted by atomic mass is 19.1. The molecule has 0 aliphatic heterocycles. The predicted molar refractivity (Wildman–Crippen MR) is 126 cm³/mol. The molecule has 176 valence electrons. The van der Waals surface area contributed by atoms with Crippen LogP contribution >= 0.6 is 0 Å². The van der Waals surface area contributed by atoms with Gasteiger partial charge >= 0.3 is 5.69 Å². The van der Waals surface area contributed by atoms with Crippen LogP contribution in [0.25, 0.3) is 28.2 Å². The molecule has 35 heavy (non-hydrogen) atoms. The summed E-state index contributed by atoms with van der Waals surface area (Å²) in [5.41, 5.74) is 2.95. The molecule has 0 fully saturated rings. The van der Waals surface area contributed by atoms with E-state index in [0.29, 0.717) is 23.6 Å². The molecule has 0 saturated carbocycles. The number of pyridine rings is 1. The van der Waals surface area contributed by atoms with E-state index in [1.165, 1.54) is 16.8 Å². The van der Waals surface area contributed by atoms with Crippen molar-refractivity contribution >= 4 is 0 Å². The second-order valence-electron chi connectivity index (χ2n) is 8.00. The molecule has 5 aromatic rings. The zero-order valence-corrected chi connectivity index (χ0v) is 18.8. The Balaban J connectivity index is 1.49. The number of para-hydroxylation sites is 1. The van der Waals surface area contributed by atoms with Crippen LogP contribution in [0.2, 0.25) is 0 Å². The Bertz CT molecular complexity index is 1500. The van der Waals surface area contributed by atoms with Gasteiger partial charge in [0.1, 0.15) is 17.3 Å². The number of nitrogens with one attached hydrogen (secondary N) is 1. The van der Waals surface area contributed by atoms with Crippen LogP contribution in [0.1, 0.15) is 24.7 Å². The van der Waals surface area contributed by atoms with E-state index in [-0.39, 0.29) is 12.2 Å². The molecule has 3 heterocycles. The summed E-state index contributed by atoms with van der Waals surface area (Å²) < 4.78 is 31.3. The fourth-order valence-corrected chi connectivity index (χ4v) is 4.08. The van der Waals surface area contributed by atoms with Crippen LogP contribution in [0.15, 0.2) is 71.8 Å². The average Bonchev–Trinajstić information content (AvgIpc) is 3.50. The number of aromatic nitrogens is 7. The van der Waals surface area contributed by atoms with E-state index < -0.39 is 17.3 Å². The van der Waals surface area contributed by atoms with Gasteiger partial charge in [-0.1, -0.05) is 49.7 Å².